The Labute approximate surface area is 206 Å². The van der Waals surface area contributed by atoms with Crippen LogP contribution in [0.5, 0.6) is 0 Å². The largest absolute Gasteiger partial charge is 0.353 e. The van der Waals surface area contributed by atoms with Crippen molar-refractivity contribution in [3.05, 3.63) is 64.6 Å². The predicted octanol–water partition coefficient (Wildman–Crippen LogP) is 2.81. The Balaban J connectivity index is 1.20. The summed E-state index contributed by atoms with van der Waals surface area (Å²) in [5.74, 6) is 0.403. The lowest BCUT2D eigenvalue weighted by Crippen LogP contribution is -2.50. The van der Waals surface area contributed by atoms with Gasteiger partial charge < -0.3 is 10.2 Å². The van der Waals surface area contributed by atoms with Gasteiger partial charge in [-0.1, -0.05) is 30.3 Å². The summed E-state index contributed by atoms with van der Waals surface area (Å²) >= 11 is 0. The van der Waals surface area contributed by atoms with Gasteiger partial charge in [0.2, 0.25) is 5.91 Å². The van der Waals surface area contributed by atoms with Crippen LogP contribution < -0.4 is 15.8 Å². The van der Waals surface area contributed by atoms with E-state index < -0.39 is 0 Å². The van der Waals surface area contributed by atoms with Gasteiger partial charge in [0.15, 0.2) is 11.5 Å². The number of carbonyl (C=O) groups excluding carboxylic acids is 1. The molecule has 2 fully saturated rings. The molecule has 0 unspecified atom stereocenters. The fraction of sp³-hybridized carbons (Fsp3) is 0.481. The molecule has 1 atom stereocenters. The summed E-state index contributed by atoms with van der Waals surface area (Å²) in [4.78, 5) is 39.8. The molecule has 1 N–H and O–H groups in total. The maximum absolute atomic E-state index is 13.2. The first kappa shape index (κ1) is 23.5. The van der Waals surface area contributed by atoms with Gasteiger partial charge in [0.05, 0.1) is 5.92 Å². The molecule has 2 saturated heterocycles. The molecule has 2 aliphatic heterocycles. The van der Waals surface area contributed by atoms with Gasteiger partial charge in [0.25, 0.3) is 5.56 Å². The van der Waals surface area contributed by atoms with E-state index in [1.54, 1.807) is 10.8 Å². The third kappa shape index (κ3) is 5.22. The van der Waals surface area contributed by atoms with Crippen molar-refractivity contribution in [2.24, 2.45) is 5.92 Å². The zero-order chi connectivity index (χ0) is 24.2. The number of rotatable bonds is 6. The number of nitrogens with one attached hydrogen (secondary N) is 1. The molecule has 0 aliphatic carbocycles. The smallest absolute Gasteiger partial charge is 0.295 e. The molecule has 2 aliphatic rings. The Hall–Kier alpha value is -3.26. The van der Waals surface area contributed by atoms with Crippen LogP contribution in [0.15, 0.2) is 53.5 Å². The van der Waals surface area contributed by atoms with Crippen LogP contribution in [0.1, 0.15) is 38.2 Å². The molecule has 8 nitrogen and oxygen atoms in total. The maximum atomic E-state index is 13.2. The number of amides is 1. The minimum absolute atomic E-state index is 0.106. The van der Waals surface area contributed by atoms with E-state index in [-0.39, 0.29) is 23.4 Å². The monoisotopic (exact) mass is 474 g/mol. The van der Waals surface area contributed by atoms with Crippen molar-refractivity contribution < 1.29 is 4.79 Å². The molecule has 5 rings (SSSR count). The van der Waals surface area contributed by atoms with Crippen molar-refractivity contribution >= 4 is 22.9 Å². The summed E-state index contributed by atoms with van der Waals surface area (Å²) in [5.41, 5.74) is 2.51. The average molecular weight is 475 g/mol. The first-order valence-corrected chi connectivity index (χ1v) is 12.8. The van der Waals surface area contributed by atoms with Crippen LogP contribution in [0.25, 0.3) is 11.2 Å². The molecule has 0 saturated carbocycles. The van der Waals surface area contributed by atoms with Crippen LogP contribution in [0.2, 0.25) is 0 Å². The van der Waals surface area contributed by atoms with Crippen molar-refractivity contribution in [2.45, 2.75) is 51.7 Å². The van der Waals surface area contributed by atoms with Gasteiger partial charge >= 0.3 is 0 Å². The molecule has 2 aromatic heterocycles. The molecule has 3 aromatic rings. The SMILES string of the molecule is CCn1c(=O)c(N2CCC[C@@H](C(=O)NC3CCN(Cc4ccccc4)CC3)C2)nc2cccnc21. The molecular formula is C27H34N6O2. The number of pyridine rings is 1. The predicted molar refractivity (Wildman–Crippen MR) is 137 cm³/mol. The second-order valence-electron chi connectivity index (χ2n) is 9.66. The second kappa shape index (κ2) is 10.6. The summed E-state index contributed by atoms with van der Waals surface area (Å²) in [6.45, 7) is 6.67. The van der Waals surface area contributed by atoms with Crippen molar-refractivity contribution in [3.8, 4) is 0 Å². The number of likely N-dealkylation sites (tertiary alicyclic amines) is 1. The van der Waals surface area contributed by atoms with Gasteiger partial charge in [-0.25, -0.2) is 9.97 Å². The quantitative estimate of drug-likeness (QED) is 0.592. The minimum atomic E-state index is -0.134. The fourth-order valence-corrected chi connectivity index (χ4v) is 5.34. The van der Waals surface area contributed by atoms with Gasteiger partial charge in [0, 0.05) is 51.5 Å². The number of piperidine rings is 2. The number of benzene rings is 1. The summed E-state index contributed by atoms with van der Waals surface area (Å²) < 4.78 is 1.67. The van der Waals surface area contributed by atoms with E-state index >= 15 is 0 Å². The van der Waals surface area contributed by atoms with Crippen LogP contribution in [-0.2, 0) is 17.9 Å². The van der Waals surface area contributed by atoms with E-state index in [0.29, 0.717) is 30.1 Å². The first-order valence-electron chi connectivity index (χ1n) is 12.8. The standard InChI is InChI=1S/C27H34N6O2/c1-2-33-24-23(11-6-14-28-24)30-25(27(33)35)32-15-7-10-21(19-32)26(34)29-22-12-16-31(17-13-22)18-20-8-4-3-5-9-20/h3-6,8-9,11,14,21-22H,2,7,10,12-13,15-19H2,1H3,(H,29,34)/t21-/m1/s1. The average Bonchev–Trinajstić information content (AvgIpc) is 2.90. The zero-order valence-electron chi connectivity index (χ0n) is 20.4. The van der Waals surface area contributed by atoms with Gasteiger partial charge in [0.1, 0.15) is 5.52 Å². The maximum Gasteiger partial charge on any atom is 0.295 e. The molecule has 184 valence electrons. The molecule has 0 spiro atoms. The third-order valence-electron chi connectivity index (χ3n) is 7.28. The number of fused-ring (bicyclic) bond motifs is 1. The van der Waals surface area contributed by atoms with E-state index in [1.807, 2.05) is 30.0 Å². The Bertz CT molecular complexity index is 1220. The Morgan fingerprint density at radius 3 is 2.63 bits per heavy atom. The molecule has 1 aromatic carbocycles. The van der Waals surface area contributed by atoms with Gasteiger partial charge in [-0.05, 0) is 50.3 Å². The van der Waals surface area contributed by atoms with Gasteiger partial charge in [-0.15, -0.1) is 0 Å². The lowest BCUT2D eigenvalue weighted by molar-refractivity contribution is -0.126. The lowest BCUT2D eigenvalue weighted by Gasteiger charge is -2.35. The molecule has 4 heterocycles. The van der Waals surface area contributed by atoms with Crippen molar-refractivity contribution in [1.82, 2.24) is 24.8 Å². The van der Waals surface area contributed by atoms with E-state index in [4.69, 9.17) is 0 Å². The Kier molecular flexibility index (Phi) is 7.08. The number of nitrogens with zero attached hydrogens (tertiary/aromatic N) is 5. The molecule has 1 amide bonds. The van der Waals surface area contributed by atoms with Gasteiger partial charge in [-0.3, -0.25) is 19.1 Å². The number of hydrogen-bond acceptors (Lipinski definition) is 6. The number of anilines is 1. The normalized spacial score (nSPS) is 19.7. The van der Waals surface area contributed by atoms with E-state index in [1.165, 1.54) is 5.56 Å². The third-order valence-corrected chi connectivity index (χ3v) is 7.28. The van der Waals surface area contributed by atoms with Crippen LogP contribution in [0, 0.1) is 5.92 Å². The molecule has 0 bridgehead atoms. The fourth-order valence-electron chi connectivity index (χ4n) is 5.34. The van der Waals surface area contributed by atoms with Crippen LogP contribution in [0.3, 0.4) is 0 Å². The summed E-state index contributed by atoms with van der Waals surface area (Å²) in [5, 5.41) is 3.31. The highest BCUT2D eigenvalue weighted by molar-refractivity contribution is 5.80. The number of hydrogen-bond donors (Lipinski definition) is 1. The van der Waals surface area contributed by atoms with Crippen molar-refractivity contribution in [2.75, 3.05) is 31.1 Å². The second-order valence-corrected chi connectivity index (χ2v) is 9.66. The zero-order valence-corrected chi connectivity index (χ0v) is 20.4. The number of aryl methyl sites for hydroxylation is 1. The molecule has 35 heavy (non-hydrogen) atoms. The Morgan fingerprint density at radius 1 is 1.06 bits per heavy atom. The van der Waals surface area contributed by atoms with Gasteiger partial charge in [-0.2, -0.15) is 0 Å². The van der Waals surface area contributed by atoms with Crippen LogP contribution >= 0.6 is 0 Å². The molecule has 0 radical (unpaired) electrons. The van der Waals surface area contributed by atoms with Crippen LogP contribution in [0.4, 0.5) is 5.82 Å². The Morgan fingerprint density at radius 2 is 1.86 bits per heavy atom. The van der Waals surface area contributed by atoms with Crippen LogP contribution in [-0.4, -0.2) is 57.6 Å². The van der Waals surface area contributed by atoms with E-state index in [0.717, 1.165) is 51.9 Å². The van der Waals surface area contributed by atoms with Crippen molar-refractivity contribution in [1.29, 1.82) is 0 Å². The van der Waals surface area contributed by atoms with E-state index in [2.05, 4.69) is 44.5 Å². The first-order chi connectivity index (χ1) is 17.1. The van der Waals surface area contributed by atoms with E-state index in [9.17, 15) is 9.59 Å². The summed E-state index contributed by atoms with van der Waals surface area (Å²) in [6, 6.07) is 14.5. The lowest BCUT2D eigenvalue weighted by atomic mass is 9.95. The topological polar surface area (TPSA) is 83.4 Å². The highest BCUT2D eigenvalue weighted by Crippen LogP contribution is 2.22. The summed E-state index contributed by atoms with van der Waals surface area (Å²) in [7, 11) is 0. The molecular weight excluding hydrogens is 440 g/mol. The van der Waals surface area contributed by atoms with Crippen molar-refractivity contribution in [3.63, 3.8) is 0 Å². The number of aromatic nitrogens is 3. The minimum Gasteiger partial charge on any atom is -0.353 e. The highest BCUT2D eigenvalue weighted by atomic mass is 16.2. The summed E-state index contributed by atoms with van der Waals surface area (Å²) in [6.07, 6.45) is 5.33. The number of carbonyl (C=O) groups is 1. The highest BCUT2D eigenvalue weighted by Gasteiger charge is 2.30. The molecule has 8 heteroatoms.